The zero-order valence-corrected chi connectivity index (χ0v) is 17.3. The van der Waals surface area contributed by atoms with Crippen LogP contribution in [0, 0.1) is 5.92 Å². The molecular weight excluding hydrogens is 382 g/mol. The first-order valence-electron chi connectivity index (χ1n) is 9.55. The molecule has 6 nitrogen and oxygen atoms in total. The Bertz CT molecular complexity index is 859. The van der Waals surface area contributed by atoms with Crippen LogP contribution in [0.25, 0.3) is 0 Å². The minimum Gasteiger partial charge on any atom is -0.372 e. The zero-order valence-electron chi connectivity index (χ0n) is 15.7. The van der Waals surface area contributed by atoms with E-state index in [1.165, 1.54) is 11.8 Å². The Morgan fingerprint density at radius 1 is 1.19 bits per heavy atom. The average molecular weight is 408 g/mol. The van der Waals surface area contributed by atoms with E-state index in [1.54, 1.807) is 0 Å². The lowest BCUT2D eigenvalue weighted by Gasteiger charge is -2.26. The van der Waals surface area contributed by atoms with E-state index in [2.05, 4.69) is 35.9 Å². The van der Waals surface area contributed by atoms with Crippen LogP contribution in [0.15, 0.2) is 29.3 Å². The fourth-order valence-corrected chi connectivity index (χ4v) is 7.71. The third kappa shape index (κ3) is 3.74. The normalized spacial score (nSPS) is 27.8. The number of thioether (sulfide) groups is 1. The topological polar surface area (TPSA) is 70.0 Å². The van der Waals surface area contributed by atoms with Crippen LogP contribution in [-0.2, 0) is 14.6 Å². The molecule has 0 N–H and O–H groups in total. The molecule has 0 bridgehead atoms. The van der Waals surface area contributed by atoms with Gasteiger partial charge in [-0.15, -0.1) is 0 Å². The molecule has 2 aliphatic heterocycles. The number of nitrogens with zero attached hydrogens (tertiary/aromatic N) is 3. The van der Waals surface area contributed by atoms with E-state index >= 15 is 0 Å². The summed E-state index contributed by atoms with van der Waals surface area (Å²) < 4.78 is 24.3. The number of carbonyl (C=O) groups excluding carboxylic acids is 1. The van der Waals surface area contributed by atoms with Gasteiger partial charge < -0.3 is 9.80 Å². The van der Waals surface area contributed by atoms with Crippen LogP contribution in [0.2, 0.25) is 0 Å². The summed E-state index contributed by atoms with van der Waals surface area (Å²) >= 11 is 1.45. The molecule has 1 aliphatic carbocycles. The van der Waals surface area contributed by atoms with Gasteiger partial charge in [0, 0.05) is 35.6 Å². The van der Waals surface area contributed by atoms with Gasteiger partial charge in [-0.25, -0.2) is 8.42 Å². The number of carbonyl (C=O) groups is 1. The van der Waals surface area contributed by atoms with Crippen molar-refractivity contribution in [2.75, 3.05) is 34.4 Å². The summed E-state index contributed by atoms with van der Waals surface area (Å²) in [6.07, 6.45) is 1.83. The molecule has 0 unspecified atom stereocenters. The molecule has 1 saturated carbocycles. The van der Waals surface area contributed by atoms with Gasteiger partial charge in [0.05, 0.1) is 17.5 Å². The smallest absolute Gasteiger partial charge is 0.251 e. The quantitative estimate of drug-likeness (QED) is 0.747. The third-order valence-corrected chi connectivity index (χ3v) is 8.67. The van der Waals surface area contributed by atoms with Gasteiger partial charge in [-0.1, -0.05) is 11.8 Å². The van der Waals surface area contributed by atoms with E-state index in [0.717, 1.165) is 37.3 Å². The fraction of sp³-hybridized carbons (Fsp3) is 0.579. The molecule has 0 aromatic heterocycles. The number of sulfone groups is 1. The van der Waals surface area contributed by atoms with Crippen LogP contribution in [0.5, 0.6) is 0 Å². The largest absolute Gasteiger partial charge is 0.372 e. The summed E-state index contributed by atoms with van der Waals surface area (Å²) in [4.78, 5) is 20.9. The van der Waals surface area contributed by atoms with Gasteiger partial charge in [0.15, 0.2) is 15.0 Å². The van der Waals surface area contributed by atoms with Crippen molar-refractivity contribution in [3.63, 3.8) is 0 Å². The van der Waals surface area contributed by atoms with E-state index < -0.39 is 9.84 Å². The number of hydrogen-bond donors (Lipinski definition) is 0. The number of fused-ring (bicyclic) bond motifs is 1. The molecule has 4 rings (SSSR count). The van der Waals surface area contributed by atoms with Crippen LogP contribution in [-0.4, -0.2) is 55.4 Å². The Balaban J connectivity index is 1.66. The van der Waals surface area contributed by atoms with Gasteiger partial charge in [0.2, 0.25) is 0 Å². The summed E-state index contributed by atoms with van der Waals surface area (Å²) in [5, 5.41) is 0.607. The van der Waals surface area contributed by atoms with E-state index in [4.69, 9.17) is 0 Å². The van der Waals surface area contributed by atoms with Crippen molar-refractivity contribution < 1.29 is 13.2 Å². The predicted octanol–water partition coefficient (Wildman–Crippen LogP) is 2.54. The predicted molar refractivity (Wildman–Crippen MR) is 111 cm³/mol. The molecule has 27 heavy (non-hydrogen) atoms. The number of amides is 1. The molecule has 0 spiro atoms. The SMILES string of the molecule is CCN(CC)c1ccc(N2C(=NC(=O)C3CC3)S[C@H]3CS(=O)(=O)C[C@@H]32)cc1. The van der Waals surface area contributed by atoms with E-state index in [-0.39, 0.29) is 34.6 Å². The van der Waals surface area contributed by atoms with Crippen molar-refractivity contribution in [2.45, 2.75) is 38.0 Å². The zero-order chi connectivity index (χ0) is 19.2. The van der Waals surface area contributed by atoms with Gasteiger partial charge in [0.1, 0.15) is 0 Å². The highest BCUT2D eigenvalue weighted by atomic mass is 32.2. The molecule has 146 valence electrons. The molecule has 1 aromatic carbocycles. The molecule has 1 aromatic rings. The molecule has 1 amide bonds. The lowest BCUT2D eigenvalue weighted by molar-refractivity contribution is -0.118. The number of rotatable bonds is 5. The van der Waals surface area contributed by atoms with Gasteiger partial charge >= 0.3 is 0 Å². The molecule has 3 fully saturated rings. The summed E-state index contributed by atoms with van der Waals surface area (Å²) in [5.74, 6) is 0.283. The first kappa shape index (κ1) is 18.8. The Morgan fingerprint density at radius 2 is 1.85 bits per heavy atom. The lowest BCUT2D eigenvalue weighted by atomic mass is 10.2. The van der Waals surface area contributed by atoms with Crippen LogP contribution in [0.4, 0.5) is 11.4 Å². The molecule has 2 saturated heterocycles. The van der Waals surface area contributed by atoms with Crippen LogP contribution in [0.1, 0.15) is 26.7 Å². The standard InChI is InChI=1S/C19H25N3O3S2/c1-3-21(4-2)14-7-9-15(10-8-14)22-16-11-27(24,25)12-17(16)26-19(22)20-18(23)13-5-6-13/h7-10,13,16-17H,3-6,11-12H2,1-2H3/t16-,17-/m0/s1. The van der Waals surface area contributed by atoms with E-state index in [1.807, 2.05) is 17.0 Å². The highest BCUT2D eigenvalue weighted by Crippen LogP contribution is 2.42. The molecule has 2 heterocycles. The molecule has 2 atom stereocenters. The first-order valence-corrected chi connectivity index (χ1v) is 12.3. The van der Waals surface area contributed by atoms with Crippen LogP contribution >= 0.6 is 11.8 Å². The Labute approximate surface area is 164 Å². The second-order valence-electron chi connectivity index (χ2n) is 7.37. The van der Waals surface area contributed by atoms with E-state index in [9.17, 15) is 13.2 Å². The fourth-order valence-electron chi connectivity index (χ4n) is 3.80. The van der Waals surface area contributed by atoms with Gasteiger partial charge in [-0.2, -0.15) is 4.99 Å². The monoisotopic (exact) mass is 407 g/mol. The van der Waals surface area contributed by atoms with Crippen molar-refractivity contribution in [3.05, 3.63) is 24.3 Å². The average Bonchev–Trinajstić information content (AvgIpc) is 3.37. The second kappa shape index (κ2) is 7.13. The highest BCUT2D eigenvalue weighted by Gasteiger charge is 2.49. The Hall–Kier alpha value is -1.54. The summed E-state index contributed by atoms with van der Waals surface area (Å²) in [7, 11) is -3.04. The first-order chi connectivity index (χ1) is 12.9. The van der Waals surface area contributed by atoms with Crippen molar-refractivity contribution in [1.29, 1.82) is 0 Å². The Kier molecular flexibility index (Phi) is 4.96. The van der Waals surface area contributed by atoms with Gasteiger partial charge in [-0.05, 0) is 51.0 Å². The van der Waals surface area contributed by atoms with Crippen LogP contribution < -0.4 is 9.80 Å². The van der Waals surface area contributed by atoms with E-state index in [0.29, 0.717) is 5.17 Å². The summed E-state index contributed by atoms with van der Waals surface area (Å²) in [6, 6.07) is 8.00. The maximum Gasteiger partial charge on any atom is 0.251 e. The van der Waals surface area contributed by atoms with Crippen molar-refractivity contribution in [2.24, 2.45) is 10.9 Å². The third-order valence-electron chi connectivity index (χ3n) is 5.46. The summed E-state index contributed by atoms with van der Waals surface area (Å²) in [5.41, 5.74) is 2.05. The number of amidine groups is 1. The lowest BCUT2D eigenvalue weighted by Crippen LogP contribution is -2.37. The molecular formula is C19H25N3O3S2. The molecule has 0 radical (unpaired) electrons. The number of aliphatic imine (C=N–C) groups is 1. The Morgan fingerprint density at radius 3 is 2.44 bits per heavy atom. The number of anilines is 2. The van der Waals surface area contributed by atoms with Gasteiger partial charge in [0.25, 0.3) is 5.91 Å². The van der Waals surface area contributed by atoms with Crippen molar-refractivity contribution in [1.82, 2.24) is 0 Å². The van der Waals surface area contributed by atoms with Crippen LogP contribution in [0.3, 0.4) is 0 Å². The van der Waals surface area contributed by atoms with Crippen molar-refractivity contribution in [3.8, 4) is 0 Å². The molecule has 3 aliphatic rings. The minimum atomic E-state index is -3.04. The number of hydrogen-bond acceptors (Lipinski definition) is 5. The number of benzene rings is 1. The van der Waals surface area contributed by atoms with Gasteiger partial charge in [-0.3, -0.25) is 4.79 Å². The maximum atomic E-state index is 12.3. The summed E-state index contributed by atoms with van der Waals surface area (Å²) in [6.45, 7) is 6.11. The minimum absolute atomic E-state index is 0.0526. The highest BCUT2D eigenvalue weighted by molar-refractivity contribution is 8.16. The maximum absolute atomic E-state index is 12.3. The second-order valence-corrected chi connectivity index (χ2v) is 10.7. The molecule has 8 heteroatoms. The van der Waals surface area contributed by atoms with Crippen molar-refractivity contribution >= 4 is 44.0 Å².